The van der Waals surface area contributed by atoms with Crippen molar-refractivity contribution in [2.75, 3.05) is 12.4 Å². The van der Waals surface area contributed by atoms with Gasteiger partial charge in [0.05, 0.1) is 13.3 Å². The monoisotopic (exact) mass is 223 g/mol. The second-order valence-corrected chi connectivity index (χ2v) is 2.96. The number of carbonyl (C=O) groups excluding carboxylic acids is 1. The first kappa shape index (κ1) is 10.1. The number of aromatic nitrogens is 4. The first-order valence-electron chi connectivity index (χ1n) is 4.39. The zero-order valence-electron chi connectivity index (χ0n) is 8.64. The van der Waals surface area contributed by atoms with Crippen molar-refractivity contribution in [3.63, 3.8) is 0 Å². The van der Waals surface area contributed by atoms with E-state index in [1.165, 1.54) is 13.3 Å². The number of hydrogen-bond donors (Lipinski definition) is 2. The number of methoxy groups -OCH3 is 1. The van der Waals surface area contributed by atoms with Crippen molar-refractivity contribution < 1.29 is 14.1 Å². The Morgan fingerprint density at radius 2 is 2.44 bits per heavy atom. The molecule has 0 aliphatic carbocycles. The molecule has 0 aromatic carbocycles. The molecule has 0 radical (unpaired) electrons. The number of amides is 1. The van der Waals surface area contributed by atoms with Crippen molar-refractivity contribution in [2.45, 2.75) is 6.92 Å². The first-order chi connectivity index (χ1) is 7.70. The molecule has 8 heteroatoms. The van der Waals surface area contributed by atoms with E-state index in [0.717, 1.165) is 0 Å². The van der Waals surface area contributed by atoms with Crippen LogP contribution >= 0.6 is 0 Å². The summed E-state index contributed by atoms with van der Waals surface area (Å²) in [4.78, 5) is 15.4. The lowest BCUT2D eigenvalue weighted by Gasteiger charge is -1.96. The van der Waals surface area contributed by atoms with E-state index in [2.05, 4.69) is 25.7 Å². The number of nitrogens with one attached hydrogen (secondary N) is 2. The molecule has 0 aliphatic heterocycles. The van der Waals surface area contributed by atoms with Crippen molar-refractivity contribution in [1.29, 1.82) is 0 Å². The fourth-order valence-electron chi connectivity index (χ4n) is 1.07. The van der Waals surface area contributed by atoms with Gasteiger partial charge in [-0.3, -0.25) is 10.1 Å². The number of rotatable bonds is 3. The third-order valence-electron chi connectivity index (χ3n) is 1.83. The molecular formula is C8H9N5O3. The molecule has 0 spiro atoms. The van der Waals surface area contributed by atoms with Crippen LogP contribution in [-0.4, -0.2) is 33.4 Å². The largest absolute Gasteiger partial charge is 0.466 e. The smallest absolute Gasteiger partial charge is 0.336 e. The van der Waals surface area contributed by atoms with Gasteiger partial charge >= 0.3 is 6.01 Å². The molecule has 0 fully saturated rings. The Bertz CT molecular complexity index is 503. The SMILES string of the molecule is COc1n[nH]c(NC(=O)c2oncc2C)n1. The minimum atomic E-state index is -0.450. The number of aryl methyl sites for hydroxylation is 1. The second kappa shape index (κ2) is 4.01. The van der Waals surface area contributed by atoms with Gasteiger partial charge in [0.25, 0.3) is 5.91 Å². The summed E-state index contributed by atoms with van der Waals surface area (Å²) in [6.07, 6.45) is 1.45. The summed E-state index contributed by atoms with van der Waals surface area (Å²) in [5.41, 5.74) is 0.643. The second-order valence-electron chi connectivity index (χ2n) is 2.96. The van der Waals surface area contributed by atoms with Crippen LogP contribution < -0.4 is 10.1 Å². The topological polar surface area (TPSA) is 106 Å². The number of anilines is 1. The lowest BCUT2D eigenvalue weighted by Crippen LogP contribution is -2.13. The molecule has 84 valence electrons. The average Bonchev–Trinajstić information content (AvgIpc) is 2.86. The summed E-state index contributed by atoms with van der Waals surface area (Å²) in [5.74, 6) is -0.137. The van der Waals surface area contributed by atoms with E-state index >= 15 is 0 Å². The van der Waals surface area contributed by atoms with Crippen molar-refractivity contribution in [1.82, 2.24) is 20.3 Å². The number of nitrogens with zero attached hydrogens (tertiary/aromatic N) is 3. The lowest BCUT2D eigenvalue weighted by atomic mass is 10.3. The number of aromatic amines is 1. The van der Waals surface area contributed by atoms with Crippen LogP contribution in [0.5, 0.6) is 6.01 Å². The van der Waals surface area contributed by atoms with Gasteiger partial charge in [-0.1, -0.05) is 5.16 Å². The molecule has 0 aliphatic rings. The molecule has 2 N–H and O–H groups in total. The standard InChI is InChI=1S/C8H9N5O3/c1-4-3-9-16-5(4)6(14)10-7-11-8(15-2)13-12-7/h3H,1-2H3,(H2,10,11,12,13,14). The van der Waals surface area contributed by atoms with Crippen molar-refractivity contribution >= 4 is 11.9 Å². The van der Waals surface area contributed by atoms with Gasteiger partial charge in [0.15, 0.2) is 0 Å². The quantitative estimate of drug-likeness (QED) is 0.778. The summed E-state index contributed by atoms with van der Waals surface area (Å²) < 4.78 is 9.53. The van der Waals surface area contributed by atoms with Crippen molar-refractivity contribution in [2.24, 2.45) is 0 Å². The normalized spacial score (nSPS) is 10.1. The summed E-state index contributed by atoms with van der Waals surface area (Å²) in [5, 5.41) is 12.1. The fraction of sp³-hybridized carbons (Fsp3) is 0.250. The van der Waals surface area contributed by atoms with Crippen LogP contribution in [0.25, 0.3) is 0 Å². The van der Waals surface area contributed by atoms with Gasteiger partial charge in [0.1, 0.15) is 0 Å². The Morgan fingerprint density at radius 1 is 1.62 bits per heavy atom. The van der Waals surface area contributed by atoms with Gasteiger partial charge in [-0.15, -0.1) is 5.10 Å². The van der Waals surface area contributed by atoms with Gasteiger partial charge < -0.3 is 9.26 Å². The van der Waals surface area contributed by atoms with Crippen LogP contribution in [0.3, 0.4) is 0 Å². The molecule has 16 heavy (non-hydrogen) atoms. The Labute approximate surface area is 90.0 Å². The average molecular weight is 223 g/mol. The fourth-order valence-corrected chi connectivity index (χ4v) is 1.07. The van der Waals surface area contributed by atoms with E-state index in [1.54, 1.807) is 6.92 Å². The predicted molar refractivity (Wildman–Crippen MR) is 52.1 cm³/mol. The molecule has 0 atom stereocenters. The van der Waals surface area contributed by atoms with Crippen LogP contribution in [0.15, 0.2) is 10.7 Å². The van der Waals surface area contributed by atoms with Gasteiger partial charge in [-0.05, 0) is 6.92 Å². The lowest BCUT2D eigenvalue weighted by molar-refractivity contribution is 0.0986. The number of carbonyl (C=O) groups is 1. The third-order valence-corrected chi connectivity index (χ3v) is 1.83. The zero-order chi connectivity index (χ0) is 11.5. The number of H-pyrrole nitrogens is 1. The minimum Gasteiger partial charge on any atom is -0.466 e. The molecule has 0 saturated heterocycles. The minimum absolute atomic E-state index is 0.135. The van der Waals surface area contributed by atoms with Crippen molar-refractivity contribution in [3.8, 4) is 6.01 Å². The van der Waals surface area contributed by atoms with Crippen LogP contribution in [-0.2, 0) is 0 Å². The van der Waals surface area contributed by atoms with Gasteiger partial charge in [-0.2, -0.15) is 4.98 Å². The van der Waals surface area contributed by atoms with E-state index < -0.39 is 5.91 Å². The summed E-state index contributed by atoms with van der Waals surface area (Å²) >= 11 is 0. The van der Waals surface area contributed by atoms with E-state index in [4.69, 9.17) is 9.26 Å². The summed E-state index contributed by atoms with van der Waals surface area (Å²) in [6.45, 7) is 1.71. The molecule has 0 bridgehead atoms. The van der Waals surface area contributed by atoms with Crippen LogP contribution in [0.1, 0.15) is 16.1 Å². The van der Waals surface area contributed by atoms with Crippen LogP contribution in [0.2, 0.25) is 0 Å². The molecule has 2 aromatic heterocycles. The van der Waals surface area contributed by atoms with E-state index in [9.17, 15) is 4.79 Å². The summed E-state index contributed by atoms with van der Waals surface area (Å²) in [7, 11) is 1.43. The zero-order valence-corrected chi connectivity index (χ0v) is 8.64. The summed E-state index contributed by atoms with van der Waals surface area (Å²) in [6, 6.07) is 0.143. The molecule has 2 aromatic rings. The first-order valence-corrected chi connectivity index (χ1v) is 4.39. The van der Waals surface area contributed by atoms with E-state index in [0.29, 0.717) is 5.56 Å². The van der Waals surface area contributed by atoms with Gasteiger partial charge in [-0.25, -0.2) is 5.10 Å². The maximum absolute atomic E-state index is 11.6. The Kier molecular flexibility index (Phi) is 2.54. The maximum atomic E-state index is 11.6. The molecule has 0 unspecified atom stereocenters. The predicted octanol–water partition coefficient (Wildman–Crippen LogP) is 0.362. The third kappa shape index (κ3) is 1.85. The molecule has 0 saturated carbocycles. The molecule has 2 rings (SSSR count). The molecule has 2 heterocycles. The number of ether oxygens (including phenoxy) is 1. The highest BCUT2D eigenvalue weighted by atomic mass is 16.5. The molecule has 1 amide bonds. The Hall–Kier alpha value is -2.38. The Balaban J connectivity index is 2.11. The highest BCUT2D eigenvalue weighted by molar-refractivity contribution is 6.01. The van der Waals surface area contributed by atoms with Gasteiger partial charge in [0, 0.05) is 5.56 Å². The van der Waals surface area contributed by atoms with E-state index in [-0.39, 0.29) is 17.7 Å². The highest BCUT2D eigenvalue weighted by Crippen LogP contribution is 2.10. The van der Waals surface area contributed by atoms with Crippen molar-refractivity contribution in [3.05, 3.63) is 17.5 Å². The highest BCUT2D eigenvalue weighted by Gasteiger charge is 2.16. The Morgan fingerprint density at radius 3 is 3.00 bits per heavy atom. The number of hydrogen-bond acceptors (Lipinski definition) is 6. The van der Waals surface area contributed by atoms with Crippen LogP contribution in [0, 0.1) is 6.92 Å². The van der Waals surface area contributed by atoms with Crippen LogP contribution in [0.4, 0.5) is 5.95 Å². The molecular weight excluding hydrogens is 214 g/mol. The van der Waals surface area contributed by atoms with E-state index in [1.807, 2.05) is 0 Å². The molecule has 8 nitrogen and oxygen atoms in total. The maximum Gasteiger partial charge on any atom is 0.336 e. The van der Waals surface area contributed by atoms with Gasteiger partial charge in [0.2, 0.25) is 11.7 Å².